The van der Waals surface area contributed by atoms with Crippen molar-refractivity contribution in [1.82, 2.24) is 0 Å². The van der Waals surface area contributed by atoms with E-state index in [4.69, 9.17) is 0 Å². The fourth-order valence-electron chi connectivity index (χ4n) is 3.17. The second-order valence-electron chi connectivity index (χ2n) is 6.88. The normalized spacial score (nSPS) is 20.3. The van der Waals surface area contributed by atoms with Crippen LogP contribution in [0.15, 0.2) is 60.7 Å². The van der Waals surface area contributed by atoms with Crippen LogP contribution in [-0.4, -0.2) is 27.1 Å². The molecule has 1 heterocycles. The summed E-state index contributed by atoms with van der Waals surface area (Å²) in [5, 5.41) is 10.1. The van der Waals surface area contributed by atoms with Crippen LogP contribution in [0.3, 0.4) is 0 Å². The van der Waals surface area contributed by atoms with Gasteiger partial charge in [-0.1, -0.05) is 68.2 Å². The molecule has 0 amide bonds. The van der Waals surface area contributed by atoms with Gasteiger partial charge in [0.05, 0.1) is 12.1 Å². The lowest BCUT2D eigenvalue weighted by atomic mass is 9.87. The minimum atomic E-state index is -0.261. The van der Waals surface area contributed by atoms with Crippen LogP contribution >= 0.6 is 0 Å². The number of nitrogens with zero attached hydrogens (tertiary/aromatic N) is 1. The number of anilines is 1. The van der Waals surface area contributed by atoms with Gasteiger partial charge in [0.25, 0.3) is 0 Å². The Bertz CT molecular complexity index is 570. The van der Waals surface area contributed by atoms with E-state index in [-0.39, 0.29) is 20.9 Å². The third-order valence-corrected chi connectivity index (χ3v) is 4.13. The molecule has 0 saturated carbocycles. The first-order valence-corrected chi connectivity index (χ1v) is 12.1. The second kappa shape index (κ2) is 8.32. The number of para-hydroxylation sites is 1. The molecule has 124 valence electrons. The molecule has 1 saturated heterocycles. The number of aliphatic hydroxyl groups is 1. The van der Waals surface area contributed by atoms with E-state index in [2.05, 4.69) is 60.9 Å². The summed E-state index contributed by atoms with van der Waals surface area (Å²) < 4.78 is 0. The van der Waals surface area contributed by atoms with Crippen molar-refractivity contribution in [3.8, 4) is 0 Å². The fourth-order valence-corrected chi connectivity index (χ4v) is 3.17. The highest BCUT2D eigenvalue weighted by atomic mass is 28.3. The molecule has 0 aromatic heterocycles. The van der Waals surface area contributed by atoms with E-state index in [0.717, 1.165) is 19.4 Å². The summed E-state index contributed by atoms with van der Waals surface area (Å²) in [6.45, 7) is 8.07. The number of hydrogen-bond acceptors (Lipinski definition) is 2. The first-order chi connectivity index (χ1) is 11.1. The van der Waals surface area contributed by atoms with Gasteiger partial charge in [-0.05, 0) is 30.5 Å². The fraction of sp³-hybridized carbons (Fsp3) is 0.400. The van der Waals surface area contributed by atoms with E-state index in [1.54, 1.807) is 0 Å². The molecule has 2 nitrogen and oxygen atoms in total. The summed E-state index contributed by atoms with van der Waals surface area (Å²) in [5.41, 5.74) is 2.14. The molecule has 0 aliphatic carbocycles. The highest BCUT2D eigenvalue weighted by Gasteiger charge is 2.41. The number of aliphatic hydroxyl groups excluding tert-OH is 1. The van der Waals surface area contributed by atoms with E-state index in [9.17, 15) is 5.11 Å². The topological polar surface area (TPSA) is 23.5 Å². The van der Waals surface area contributed by atoms with Crippen molar-refractivity contribution in [3.63, 3.8) is 0 Å². The van der Waals surface area contributed by atoms with Gasteiger partial charge in [0.15, 0.2) is 0 Å². The summed E-state index contributed by atoms with van der Waals surface area (Å²) in [6.07, 6.45) is 2.12. The average Bonchev–Trinajstić information content (AvgIpc) is 3.01. The molecule has 2 aromatic carbocycles. The minimum absolute atomic E-state index is 0.139. The van der Waals surface area contributed by atoms with Crippen LogP contribution in [0.1, 0.15) is 18.4 Å². The lowest BCUT2D eigenvalue weighted by molar-refractivity contribution is 0.198. The van der Waals surface area contributed by atoms with Crippen LogP contribution in [-0.2, 0) is 5.54 Å². The zero-order valence-corrected chi connectivity index (χ0v) is 15.7. The van der Waals surface area contributed by atoms with Crippen molar-refractivity contribution < 1.29 is 5.11 Å². The maximum absolute atomic E-state index is 10.1. The van der Waals surface area contributed by atoms with Crippen molar-refractivity contribution in [2.45, 2.75) is 38.0 Å². The summed E-state index contributed by atoms with van der Waals surface area (Å²) >= 11 is 0. The molecule has 1 atom stereocenters. The van der Waals surface area contributed by atoms with Gasteiger partial charge in [-0.15, -0.1) is 0 Å². The summed E-state index contributed by atoms with van der Waals surface area (Å²) in [4.78, 5) is 2.35. The number of rotatable bonds is 3. The van der Waals surface area contributed by atoms with Crippen molar-refractivity contribution >= 4 is 14.5 Å². The van der Waals surface area contributed by atoms with Gasteiger partial charge in [0, 0.05) is 21.0 Å². The Labute approximate surface area is 142 Å². The van der Waals surface area contributed by atoms with Gasteiger partial charge >= 0.3 is 0 Å². The Balaban J connectivity index is 0.000000433. The van der Waals surface area contributed by atoms with Crippen LogP contribution in [0, 0.1) is 0 Å². The molecule has 2 aromatic rings. The van der Waals surface area contributed by atoms with Gasteiger partial charge < -0.3 is 10.0 Å². The minimum Gasteiger partial charge on any atom is -0.394 e. The van der Waals surface area contributed by atoms with E-state index in [1.165, 1.54) is 11.3 Å². The number of hydrogen-bond donors (Lipinski definition) is 1. The summed E-state index contributed by atoms with van der Waals surface area (Å²) in [7, 11) is -0.139. The lowest BCUT2D eigenvalue weighted by Gasteiger charge is -2.39. The molecule has 3 rings (SSSR count). The van der Waals surface area contributed by atoms with Crippen LogP contribution in [0.5, 0.6) is 0 Å². The smallest absolute Gasteiger partial charge is 0.0884 e. The first kappa shape index (κ1) is 17.8. The molecule has 0 bridgehead atoms. The molecule has 1 aliphatic heterocycles. The van der Waals surface area contributed by atoms with Gasteiger partial charge in [0.1, 0.15) is 0 Å². The van der Waals surface area contributed by atoms with E-state index >= 15 is 0 Å². The Morgan fingerprint density at radius 1 is 0.957 bits per heavy atom. The Kier molecular flexibility index (Phi) is 6.43. The largest absolute Gasteiger partial charge is 0.394 e. The maximum Gasteiger partial charge on any atom is 0.0884 e. The van der Waals surface area contributed by atoms with Crippen molar-refractivity contribution in [3.05, 3.63) is 66.2 Å². The molecule has 0 spiro atoms. The van der Waals surface area contributed by atoms with Crippen molar-refractivity contribution in [2.24, 2.45) is 0 Å². The van der Waals surface area contributed by atoms with Gasteiger partial charge in [-0.2, -0.15) is 0 Å². The van der Waals surface area contributed by atoms with Crippen LogP contribution in [0.2, 0.25) is 19.6 Å². The third kappa shape index (κ3) is 4.24. The molecule has 1 N–H and O–H groups in total. The highest BCUT2D eigenvalue weighted by Crippen LogP contribution is 2.41. The molecular formula is C20H29NOSi. The zero-order valence-electron chi connectivity index (χ0n) is 14.6. The number of benzene rings is 2. The molecule has 0 unspecified atom stereocenters. The predicted octanol–water partition coefficient (Wildman–Crippen LogP) is 4.28. The van der Waals surface area contributed by atoms with E-state index in [0.29, 0.717) is 0 Å². The van der Waals surface area contributed by atoms with E-state index in [1.807, 2.05) is 24.3 Å². The Morgan fingerprint density at radius 2 is 1.48 bits per heavy atom. The summed E-state index contributed by atoms with van der Waals surface area (Å²) in [6, 6.07) is 20.8. The van der Waals surface area contributed by atoms with Crippen molar-refractivity contribution in [1.29, 1.82) is 0 Å². The SMILES string of the molecule is C[SiH](C)C.OC[C@]1(c2ccccc2)CCCN1c1ccccc1. The van der Waals surface area contributed by atoms with Crippen molar-refractivity contribution in [2.75, 3.05) is 18.1 Å². The van der Waals surface area contributed by atoms with Crippen LogP contribution in [0.4, 0.5) is 5.69 Å². The standard InChI is InChI=1S/C17H19NO.C3H10Si/c19-14-17(15-8-3-1-4-9-15)12-7-13-18(17)16-10-5-2-6-11-16;1-4(2)3/h1-6,8-11,19H,7,12-14H2;4H,1-3H3/t17-;/m0./s1. The van der Waals surface area contributed by atoms with Gasteiger partial charge in [-0.3, -0.25) is 0 Å². The molecular weight excluding hydrogens is 298 g/mol. The van der Waals surface area contributed by atoms with Gasteiger partial charge in [-0.25, -0.2) is 0 Å². The molecule has 23 heavy (non-hydrogen) atoms. The Hall–Kier alpha value is -1.58. The maximum atomic E-state index is 10.1. The molecule has 0 radical (unpaired) electrons. The van der Waals surface area contributed by atoms with E-state index < -0.39 is 0 Å². The molecule has 1 aliphatic rings. The lowest BCUT2D eigenvalue weighted by Crippen LogP contribution is -2.44. The van der Waals surface area contributed by atoms with Gasteiger partial charge in [0.2, 0.25) is 0 Å². The summed E-state index contributed by atoms with van der Waals surface area (Å²) in [5.74, 6) is 0. The van der Waals surface area contributed by atoms with Crippen LogP contribution in [0.25, 0.3) is 0 Å². The quantitative estimate of drug-likeness (QED) is 0.851. The zero-order chi connectivity index (χ0) is 16.7. The highest BCUT2D eigenvalue weighted by molar-refractivity contribution is 6.54. The third-order valence-electron chi connectivity index (χ3n) is 4.13. The molecule has 3 heteroatoms. The monoisotopic (exact) mass is 327 g/mol. The first-order valence-electron chi connectivity index (χ1n) is 8.59. The molecule has 1 fully saturated rings. The predicted molar refractivity (Wildman–Crippen MR) is 103 cm³/mol. The Morgan fingerprint density at radius 3 is 2.00 bits per heavy atom. The second-order valence-corrected chi connectivity index (χ2v) is 10.3. The van der Waals surface area contributed by atoms with Crippen LogP contribution < -0.4 is 4.90 Å². The average molecular weight is 328 g/mol.